The molecule has 22 heavy (non-hydrogen) atoms. The number of amides is 1. The summed E-state index contributed by atoms with van der Waals surface area (Å²) in [4.78, 5) is 17.5. The van der Waals surface area contributed by atoms with Crippen LogP contribution in [0.3, 0.4) is 0 Å². The Morgan fingerprint density at radius 1 is 1.36 bits per heavy atom. The zero-order chi connectivity index (χ0) is 15.7. The van der Waals surface area contributed by atoms with Crippen molar-refractivity contribution in [1.82, 2.24) is 15.2 Å². The monoisotopic (exact) mass is 305 g/mol. The minimum Gasteiger partial charge on any atom is -0.444 e. The molecule has 0 aliphatic carbocycles. The SMILES string of the molecule is CC(C)(C)OC(=O)N1C2CCC1CC(NCc1cc[nH]c1)C2. The lowest BCUT2D eigenvalue weighted by atomic mass is 9.97. The number of fused-ring (bicyclic) bond motifs is 2. The molecule has 2 unspecified atom stereocenters. The summed E-state index contributed by atoms with van der Waals surface area (Å²) in [5.74, 6) is 0. The van der Waals surface area contributed by atoms with E-state index in [0.29, 0.717) is 18.1 Å². The van der Waals surface area contributed by atoms with Crippen molar-refractivity contribution in [1.29, 1.82) is 0 Å². The van der Waals surface area contributed by atoms with Crippen molar-refractivity contribution < 1.29 is 9.53 Å². The van der Waals surface area contributed by atoms with Gasteiger partial charge in [0.05, 0.1) is 0 Å². The second kappa shape index (κ2) is 5.95. The van der Waals surface area contributed by atoms with E-state index in [1.807, 2.05) is 38.1 Å². The smallest absolute Gasteiger partial charge is 0.410 e. The Kier molecular flexibility index (Phi) is 4.17. The number of nitrogens with zero attached hydrogens (tertiary/aromatic N) is 1. The number of rotatable bonds is 3. The second-order valence-corrected chi connectivity index (χ2v) is 7.54. The van der Waals surface area contributed by atoms with Crippen molar-refractivity contribution in [3.05, 3.63) is 24.0 Å². The number of H-pyrrole nitrogens is 1. The Hall–Kier alpha value is -1.49. The lowest BCUT2D eigenvalue weighted by Gasteiger charge is -2.39. The molecule has 2 aliphatic heterocycles. The van der Waals surface area contributed by atoms with Gasteiger partial charge < -0.3 is 19.9 Å². The van der Waals surface area contributed by atoms with Crippen LogP contribution in [0.4, 0.5) is 4.79 Å². The molecule has 5 nitrogen and oxygen atoms in total. The van der Waals surface area contributed by atoms with Crippen LogP contribution in [0.1, 0.15) is 52.0 Å². The topological polar surface area (TPSA) is 57.4 Å². The number of carbonyl (C=O) groups excluding carboxylic acids is 1. The number of piperidine rings is 1. The second-order valence-electron chi connectivity index (χ2n) is 7.54. The summed E-state index contributed by atoms with van der Waals surface area (Å²) in [6, 6.07) is 3.25. The minimum atomic E-state index is -0.417. The molecule has 2 bridgehead atoms. The van der Waals surface area contributed by atoms with Crippen molar-refractivity contribution in [3.8, 4) is 0 Å². The molecule has 122 valence electrons. The van der Waals surface area contributed by atoms with Gasteiger partial charge in [-0.3, -0.25) is 0 Å². The third kappa shape index (κ3) is 3.46. The molecular formula is C17H27N3O2. The van der Waals surface area contributed by atoms with E-state index in [1.165, 1.54) is 5.56 Å². The number of nitrogens with one attached hydrogen (secondary N) is 2. The molecule has 0 radical (unpaired) electrons. The molecule has 1 amide bonds. The van der Waals surface area contributed by atoms with Crippen LogP contribution in [0.15, 0.2) is 18.5 Å². The predicted octanol–water partition coefficient (Wildman–Crippen LogP) is 3.03. The highest BCUT2D eigenvalue weighted by Gasteiger charge is 2.44. The van der Waals surface area contributed by atoms with Crippen molar-refractivity contribution in [3.63, 3.8) is 0 Å². The zero-order valence-corrected chi connectivity index (χ0v) is 13.8. The van der Waals surface area contributed by atoms with Gasteiger partial charge in [-0.2, -0.15) is 0 Å². The molecule has 2 saturated heterocycles. The summed E-state index contributed by atoms with van der Waals surface area (Å²) in [6.07, 6.45) is 8.10. The number of ether oxygens (including phenoxy) is 1. The summed E-state index contributed by atoms with van der Waals surface area (Å²) < 4.78 is 5.57. The summed E-state index contributed by atoms with van der Waals surface area (Å²) >= 11 is 0. The first kappa shape index (κ1) is 15.4. The van der Waals surface area contributed by atoms with Gasteiger partial charge >= 0.3 is 6.09 Å². The van der Waals surface area contributed by atoms with Crippen LogP contribution < -0.4 is 5.32 Å². The van der Waals surface area contributed by atoms with E-state index in [9.17, 15) is 4.79 Å². The molecule has 3 rings (SSSR count). The van der Waals surface area contributed by atoms with Crippen LogP contribution in [0.25, 0.3) is 0 Å². The Morgan fingerprint density at radius 2 is 2.05 bits per heavy atom. The molecule has 0 saturated carbocycles. The summed E-state index contributed by atoms with van der Waals surface area (Å²) in [6.45, 7) is 6.67. The Balaban J connectivity index is 1.56. The maximum absolute atomic E-state index is 12.4. The van der Waals surface area contributed by atoms with Crippen LogP contribution in [0.5, 0.6) is 0 Å². The summed E-state index contributed by atoms with van der Waals surface area (Å²) in [5.41, 5.74) is 0.863. The number of hydrogen-bond acceptors (Lipinski definition) is 3. The molecule has 2 atom stereocenters. The molecule has 0 aromatic carbocycles. The van der Waals surface area contributed by atoms with Crippen LogP contribution >= 0.6 is 0 Å². The Bertz CT molecular complexity index is 492. The van der Waals surface area contributed by atoms with Gasteiger partial charge in [-0.05, 0) is 58.1 Å². The Labute approximate surface area is 132 Å². The molecule has 1 aromatic heterocycles. The van der Waals surface area contributed by atoms with Gasteiger partial charge in [0.15, 0.2) is 0 Å². The van der Waals surface area contributed by atoms with Crippen molar-refractivity contribution in [2.75, 3.05) is 0 Å². The fourth-order valence-corrected chi connectivity index (χ4v) is 3.69. The maximum atomic E-state index is 12.4. The zero-order valence-electron chi connectivity index (χ0n) is 13.8. The van der Waals surface area contributed by atoms with E-state index in [4.69, 9.17) is 4.74 Å². The molecule has 5 heteroatoms. The van der Waals surface area contributed by atoms with Gasteiger partial charge in [-0.1, -0.05) is 0 Å². The molecular weight excluding hydrogens is 278 g/mol. The molecule has 2 N–H and O–H groups in total. The van der Waals surface area contributed by atoms with E-state index >= 15 is 0 Å². The summed E-state index contributed by atoms with van der Waals surface area (Å²) in [5, 5.41) is 3.63. The lowest BCUT2D eigenvalue weighted by Crippen LogP contribution is -2.52. The number of carbonyl (C=O) groups is 1. The van der Waals surface area contributed by atoms with Crippen LogP contribution in [-0.4, -0.2) is 39.7 Å². The normalized spacial score (nSPS) is 28.0. The van der Waals surface area contributed by atoms with E-state index in [1.54, 1.807) is 0 Å². The van der Waals surface area contributed by atoms with Gasteiger partial charge in [0.1, 0.15) is 5.60 Å². The standard InChI is InChI=1S/C17H27N3O2/c1-17(2,3)22-16(21)20-14-4-5-15(20)9-13(8-14)19-11-12-6-7-18-10-12/h6-7,10,13-15,18-19H,4-5,8-9,11H2,1-3H3. The van der Waals surface area contributed by atoms with Crippen LogP contribution in [-0.2, 0) is 11.3 Å². The van der Waals surface area contributed by atoms with Gasteiger partial charge in [0.2, 0.25) is 0 Å². The maximum Gasteiger partial charge on any atom is 0.410 e. The van der Waals surface area contributed by atoms with Crippen molar-refractivity contribution in [2.45, 2.75) is 76.7 Å². The van der Waals surface area contributed by atoms with Gasteiger partial charge in [-0.25, -0.2) is 4.79 Å². The highest BCUT2D eigenvalue weighted by atomic mass is 16.6. The Morgan fingerprint density at radius 3 is 2.59 bits per heavy atom. The number of aromatic nitrogens is 1. The van der Waals surface area contributed by atoms with Crippen molar-refractivity contribution in [2.24, 2.45) is 0 Å². The molecule has 0 spiro atoms. The fraction of sp³-hybridized carbons (Fsp3) is 0.706. The number of aromatic amines is 1. The molecule has 1 aromatic rings. The average molecular weight is 305 g/mol. The highest BCUT2D eigenvalue weighted by Crippen LogP contribution is 2.36. The molecule has 3 heterocycles. The van der Waals surface area contributed by atoms with Gasteiger partial charge in [-0.15, -0.1) is 0 Å². The van der Waals surface area contributed by atoms with Gasteiger partial charge in [0, 0.05) is 37.1 Å². The first-order chi connectivity index (χ1) is 10.4. The van der Waals surface area contributed by atoms with E-state index in [2.05, 4.69) is 16.4 Å². The largest absolute Gasteiger partial charge is 0.444 e. The van der Waals surface area contributed by atoms with E-state index < -0.39 is 5.60 Å². The van der Waals surface area contributed by atoms with E-state index in [-0.39, 0.29) is 6.09 Å². The quantitative estimate of drug-likeness (QED) is 0.902. The summed E-state index contributed by atoms with van der Waals surface area (Å²) in [7, 11) is 0. The predicted molar refractivity (Wildman–Crippen MR) is 85.5 cm³/mol. The highest BCUT2D eigenvalue weighted by molar-refractivity contribution is 5.69. The van der Waals surface area contributed by atoms with Crippen molar-refractivity contribution >= 4 is 6.09 Å². The van der Waals surface area contributed by atoms with Crippen LogP contribution in [0.2, 0.25) is 0 Å². The first-order valence-electron chi connectivity index (χ1n) is 8.29. The third-order valence-corrected chi connectivity index (χ3v) is 4.59. The molecule has 2 aliphatic rings. The van der Waals surface area contributed by atoms with E-state index in [0.717, 1.165) is 32.2 Å². The first-order valence-corrected chi connectivity index (χ1v) is 8.29. The number of hydrogen-bond donors (Lipinski definition) is 2. The van der Waals surface area contributed by atoms with Crippen LogP contribution in [0, 0.1) is 0 Å². The minimum absolute atomic E-state index is 0.135. The fourth-order valence-electron chi connectivity index (χ4n) is 3.69. The lowest BCUT2D eigenvalue weighted by molar-refractivity contribution is 0.00466. The third-order valence-electron chi connectivity index (χ3n) is 4.59. The average Bonchev–Trinajstić information content (AvgIpc) is 3.01. The molecule has 2 fully saturated rings. The van der Waals surface area contributed by atoms with Gasteiger partial charge in [0.25, 0.3) is 0 Å².